The Kier molecular flexibility index (Phi) is 7.52. The van der Waals surface area contributed by atoms with Crippen LogP contribution >= 0.6 is 15.9 Å². The number of rotatable bonds is 8. The number of nitrogens with zero attached hydrogens (tertiary/aromatic N) is 1. The van der Waals surface area contributed by atoms with Crippen molar-refractivity contribution in [3.8, 4) is 5.75 Å². The molecule has 106 valence electrons. The van der Waals surface area contributed by atoms with Crippen LogP contribution in [0.1, 0.15) is 12.8 Å². The molecule has 4 nitrogen and oxygen atoms in total. The van der Waals surface area contributed by atoms with Crippen LogP contribution in [0.5, 0.6) is 5.75 Å². The quantitative estimate of drug-likeness (QED) is 0.744. The Morgan fingerprint density at radius 2 is 2.16 bits per heavy atom. The van der Waals surface area contributed by atoms with Gasteiger partial charge in [-0.2, -0.15) is 0 Å². The third-order valence-electron chi connectivity index (χ3n) is 2.75. The zero-order valence-corrected chi connectivity index (χ0v) is 13.1. The van der Waals surface area contributed by atoms with Gasteiger partial charge in [-0.15, -0.1) is 0 Å². The standard InChI is InChI=1S/C14H21BrN2O2/c1-16-9-10-17(2)14(18)8-5-11-19-13-7-4-3-6-12(13)15/h3-4,6-7,16H,5,8-11H2,1-2H3. The average Bonchev–Trinajstić information content (AvgIpc) is 2.42. The van der Waals surface area contributed by atoms with E-state index in [-0.39, 0.29) is 5.91 Å². The smallest absolute Gasteiger partial charge is 0.222 e. The molecule has 19 heavy (non-hydrogen) atoms. The summed E-state index contributed by atoms with van der Waals surface area (Å²) in [6, 6.07) is 7.71. The Morgan fingerprint density at radius 3 is 2.84 bits per heavy atom. The summed E-state index contributed by atoms with van der Waals surface area (Å²) in [5.74, 6) is 0.976. The molecule has 1 amide bonds. The molecule has 0 bridgehead atoms. The molecule has 1 rings (SSSR count). The van der Waals surface area contributed by atoms with Crippen molar-refractivity contribution in [1.29, 1.82) is 0 Å². The van der Waals surface area contributed by atoms with Crippen molar-refractivity contribution in [2.45, 2.75) is 12.8 Å². The number of hydrogen-bond acceptors (Lipinski definition) is 3. The monoisotopic (exact) mass is 328 g/mol. The minimum absolute atomic E-state index is 0.158. The Morgan fingerprint density at radius 1 is 1.42 bits per heavy atom. The van der Waals surface area contributed by atoms with Gasteiger partial charge >= 0.3 is 0 Å². The summed E-state index contributed by atoms with van der Waals surface area (Å²) >= 11 is 3.42. The van der Waals surface area contributed by atoms with Gasteiger partial charge in [0.25, 0.3) is 0 Å². The maximum absolute atomic E-state index is 11.8. The minimum atomic E-state index is 0.158. The van der Waals surface area contributed by atoms with Crippen LogP contribution in [0.4, 0.5) is 0 Å². The lowest BCUT2D eigenvalue weighted by Crippen LogP contribution is -2.32. The number of halogens is 1. The lowest BCUT2D eigenvalue weighted by molar-refractivity contribution is -0.130. The predicted molar refractivity (Wildman–Crippen MR) is 80.4 cm³/mol. The van der Waals surface area contributed by atoms with Crippen LogP contribution in [-0.4, -0.2) is 44.6 Å². The molecule has 0 aliphatic carbocycles. The molecular weight excluding hydrogens is 308 g/mol. The van der Waals surface area contributed by atoms with E-state index in [0.29, 0.717) is 13.0 Å². The average molecular weight is 329 g/mol. The third kappa shape index (κ3) is 6.07. The summed E-state index contributed by atoms with van der Waals surface area (Å²) in [5.41, 5.74) is 0. The predicted octanol–water partition coefficient (Wildman–Crippen LogP) is 2.29. The van der Waals surface area contributed by atoms with Crippen molar-refractivity contribution in [2.24, 2.45) is 0 Å². The molecule has 0 aliphatic heterocycles. The molecule has 0 aliphatic rings. The summed E-state index contributed by atoms with van der Waals surface area (Å²) < 4.78 is 6.56. The molecule has 1 N–H and O–H groups in total. The Labute approximate surface area is 123 Å². The second-order valence-electron chi connectivity index (χ2n) is 4.30. The molecule has 0 fully saturated rings. The first kappa shape index (κ1) is 16.0. The van der Waals surface area contributed by atoms with Crippen LogP contribution in [0.3, 0.4) is 0 Å². The van der Waals surface area contributed by atoms with Gasteiger partial charge < -0.3 is 15.0 Å². The fourth-order valence-electron chi connectivity index (χ4n) is 1.56. The number of benzene rings is 1. The van der Waals surface area contributed by atoms with E-state index in [1.807, 2.05) is 38.4 Å². The molecule has 0 atom stereocenters. The number of amides is 1. The number of hydrogen-bond donors (Lipinski definition) is 1. The highest BCUT2D eigenvalue weighted by Crippen LogP contribution is 2.23. The number of carbonyl (C=O) groups excluding carboxylic acids is 1. The summed E-state index contributed by atoms with van der Waals surface area (Å²) in [7, 11) is 3.71. The van der Waals surface area contributed by atoms with Gasteiger partial charge in [-0.3, -0.25) is 4.79 Å². The Bertz CT molecular complexity index is 399. The van der Waals surface area contributed by atoms with E-state index in [0.717, 1.165) is 29.7 Å². The Hall–Kier alpha value is -1.07. The zero-order chi connectivity index (χ0) is 14.1. The summed E-state index contributed by atoms with van der Waals surface area (Å²) in [5, 5.41) is 3.02. The van der Waals surface area contributed by atoms with E-state index < -0.39 is 0 Å². The SMILES string of the molecule is CNCCN(C)C(=O)CCCOc1ccccc1Br. The van der Waals surface area contributed by atoms with E-state index in [2.05, 4.69) is 21.2 Å². The second-order valence-corrected chi connectivity index (χ2v) is 5.16. The molecule has 0 saturated carbocycles. The minimum Gasteiger partial charge on any atom is -0.492 e. The topological polar surface area (TPSA) is 41.6 Å². The highest BCUT2D eigenvalue weighted by atomic mass is 79.9. The summed E-state index contributed by atoms with van der Waals surface area (Å²) in [6.07, 6.45) is 1.24. The van der Waals surface area contributed by atoms with Crippen LogP contribution < -0.4 is 10.1 Å². The second kappa shape index (κ2) is 8.93. The molecular formula is C14H21BrN2O2. The highest BCUT2D eigenvalue weighted by molar-refractivity contribution is 9.10. The van der Waals surface area contributed by atoms with Crippen LogP contribution in [0, 0.1) is 0 Å². The van der Waals surface area contributed by atoms with Crippen molar-refractivity contribution in [3.05, 3.63) is 28.7 Å². The van der Waals surface area contributed by atoms with E-state index in [1.54, 1.807) is 4.90 Å². The van der Waals surface area contributed by atoms with Gasteiger partial charge in [0.05, 0.1) is 11.1 Å². The maximum atomic E-state index is 11.8. The van der Waals surface area contributed by atoms with E-state index in [9.17, 15) is 4.79 Å². The van der Waals surface area contributed by atoms with Crippen LogP contribution in [0.15, 0.2) is 28.7 Å². The number of carbonyl (C=O) groups is 1. The number of ether oxygens (including phenoxy) is 1. The van der Waals surface area contributed by atoms with Gasteiger partial charge in [0.15, 0.2) is 0 Å². The molecule has 0 heterocycles. The number of para-hydroxylation sites is 1. The van der Waals surface area contributed by atoms with Gasteiger partial charge in [0.2, 0.25) is 5.91 Å². The first-order valence-corrected chi connectivity index (χ1v) is 7.20. The zero-order valence-electron chi connectivity index (χ0n) is 11.5. The van der Waals surface area contributed by atoms with Gasteiger partial charge in [-0.05, 0) is 41.5 Å². The molecule has 1 aromatic carbocycles. The van der Waals surface area contributed by atoms with E-state index in [1.165, 1.54) is 0 Å². The molecule has 0 unspecified atom stereocenters. The lowest BCUT2D eigenvalue weighted by Gasteiger charge is -2.16. The fraction of sp³-hybridized carbons (Fsp3) is 0.500. The molecule has 0 saturated heterocycles. The van der Waals surface area contributed by atoms with Crippen LogP contribution in [0.25, 0.3) is 0 Å². The van der Waals surface area contributed by atoms with Crippen molar-refractivity contribution in [3.63, 3.8) is 0 Å². The third-order valence-corrected chi connectivity index (χ3v) is 3.41. The molecule has 5 heteroatoms. The van der Waals surface area contributed by atoms with Gasteiger partial charge in [-0.25, -0.2) is 0 Å². The van der Waals surface area contributed by atoms with Crippen LogP contribution in [0.2, 0.25) is 0 Å². The van der Waals surface area contributed by atoms with Gasteiger partial charge in [0.1, 0.15) is 5.75 Å². The van der Waals surface area contributed by atoms with Gasteiger partial charge in [0, 0.05) is 26.6 Å². The van der Waals surface area contributed by atoms with E-state index >= 15 is 0 Å². The number of likely N-dealkylation sites (N-methyl/N-ethyl adjacent to an activating group) is 2. The summed E-state index contributed by atoms with van der Waals surface area (Å²) in [6.45, 7) is 2.10. The van der Waals surface area contributed by atoms with Gasteiger partial charge in [-0.1, -0.05) is 12.1 Å². The normalized spacial score (nSPS) is 10.3. The van der Waals surface area contributed by atoms with E-state index in [4.69, 9.17) is 4.74 Å². The highest BCUT2D eigenvalue weighted by Gasteiger charge is 2.07. The molecule has 0 radical (unpaired) electrons. The molecule has 0 spiro atoms. The van der Waals surface area contributed by atoms with Crippen molar-refractivity contribution < 1.29 is 9.53 Å². The molecule has 1 aromatic rings. The van der Waals surface area contributed by atoms with Crippen molar-refractivity contribution in [2.75, 3.05) is 33.8 Å². The largest absolute Gasteiger partial charge is 0.492 e. The number of nitrogens with one attached hydrogen (secondary N) is 1. The van der Waals surface area contributed by atoms with Crippen LogP contribution in [-0.2, 0) is 4.79 Å². The van der Waals surface area contributed by atoms with Crippen molar-refractivity contribution in [1.82, 2.24) is 10.2 Å². The Balaban J connectivity index is 2.20. The first-order valence-electron chi connectivity index (χ1n) is 6.41. The fourth-order valence-corrected chi connectivity index (χ4v) is 1.96. The lowest BCUT2D eigenvalue weighted by atomic mass is 10.3. The summed E-state index contributed by atoms with van der Waals surface area (Å²) in [4.78, 5) is 13.5. The molecule has 0 aromatic heterocycles. The van der Waals surface area contributed by atoms with Crippen molar-refractivity contribution >= 4 is 21.8 Å². The first-order chi connectivity index (χ1) is 9.15. The maximum Gasteiger partial charge on any atom is 0.222 e.